The van der Waals surface area contributed by atoms with Crippen molar-refractivity contribution < 1.29 is 18.1 Å². The highest BCUT2D eigenvalue weighted by Crippen LogP contribution is 2.49. The highest BCUT2D eigenvalue weighted by atomic mass is 31.2. The number of benzene rings is 3. The molecule has 3 aromatic rings. The summed E-state index contributed by atoms with van der Waals surface area (Å²) in [6.45, 7) is 1.02. The molecule has 0 aromatic heterocycles. The van der Waals surface area contributed by atoms with Gasteiger partial charge in [0.1, 0.15) is 0 Å². The van der Waals surface area contributed by atoms with E-state index in [2.05, 4.69) is 24.3 Å². The van der Waals surface area contributed by atoms with Crippen LogP contribution in [0.25, 0.3) is 0 Å². The monoisotopic (exact) mass is 466 g/mol. The zero-order valence-corrected chi connectivity index (χ0v) is 20.2. The first kappa shape index (κ1) is 25.4. The van der Waals surface area contributed by atoms with Crippen LogP contribution in [0, 0.1) is 0 Å². The Morgan fingerprint density at radius 3 is 1.24 bits per heavy atom. The molecule has 3 aromatic carbocycles. The van der Waals surface area contributed by atoms with Gasteiger partial charge in [-0.15, -0.1) is 0 Å². The molecule has 0 unspecified atom stereocenters. The first-order valence-corrected chi connectivity index (χ1v) is 13.3. The summed E-state index contributed by atoms with van der Waals surface area (Å²) in [5, 5.41) is 0. The van der Waals surface area contributed by atoms with Crippen LogP contribution in [0.15, 0.2) is 91.0 Å². The molecule has 0 atom stereocenters. The van der Waals surface area contributed by atoms with Crippen molar-refractivity contribution in [2.75, 3.05) is 19.8 Å². The van der Waals surface area contributed by atoms with Crippen molar-refractivity contribution in [2.24, 2.45) is 0 Å². The maximum Gasteiger partial charge on any atom is 0.474 e. The van der Waals surface area contributed by atoms with Gasteiger partial charge in [-0.2, -0.15) is 0 Å². The number of rotatable bonds is 16. The second-order valence-electron chi connectivity index (χ2n) is 8.07. The van der Waals surface area contributed by atoms with Crippen LogP contribution >= 0.6 is 7.82 Å². The topological polar surface area (TPSA) is 44.8 Å². The van der Waals surface area contributed by atoms with Crippen LogP contribution in [-0.2, 0) is 37.4 Å². The molecule has 0 heterocycles. The molecule has 0 radical (unpaired) electrons. The lowest BCUT2D eigenvalue weighted by Gasteiger charge is -2.18. The molecule has 0 aliphatic heterocycles. The summed E-state index contributed by atoms with van der Waals surface area (Å²) >= 11 is 0. The van der Waals surface area contributed by atoms with Crippen molar-refractivity contribution in [3.8, 4) is 0 Å². The van der Waals surface area contributed by atoms with Crippen molar-refractivity contribution in [1.82, 2.24) is 0 Å². The van der Waals surface area contributed by atoms with Gasteiger partial charge in [-0.25, -0.2) is 4.57 Å². The standard InChI is InChI=1S/C28H35O4P/c29-33(32-25-22-28-18-8-3-9-19-28,30-23-12-10-20-26-14-4-1-5-15-26)31-24-13-11-21-27-16-6-2-7-17-27/h1-9,14-19H,10-13,20-25H2. The van der Waals surface area contributed by atoms with E-state index in [0.29, 0.717) is 26.2 Å². The van der Waals surface area contributed by atoms with Crippen molar-refractivity contribution in [1.29, 1.82) is 0 Å². The Bertz CT molecular complexity index is 878. The maximum absolute atomic E-state index is 13.2. The largest absolute Gasteiger partial charge is 0.474 e. The number of hydrogen-bond acceptors (Lipinski definition) is 4. The van der Waals surface area contributed by atoms with Gasteiger partial charge in [0.05, 0.1) is 19.8 Å². The number of phosphoric acid groups is 1. The molecule has 0 bridgehead atoms. The Kier molecular flexibility index (Phi) is 11.4. The lowest BCUT2D eigenvalue weighted by Crippen LogP contribution is -2.06. The lowest BCUT2D eigenvalue weighted by atomic mass is 10.1. The molecule has 0 fully saturated rings. The quantitative estimate of drug-likeness (QED) is 0.163. The molecule has 176 valence electrons. The van der Waals surface area contributed by atoms with Crippen LogP contribution in [0.5, 0.6) is 0 Å². The third-order valence-electron chi connectivity index (χ3n) is 5.39. The second-order valence-corrected chi connectivity index (χ2v) is 9.74. The van der Waals surface area contributed by atoms with E-state index in [0.717, 1.165) is 44.1 Å². The fourth-order valence-corrected chi connectivity index (χ4v) is 4.78. The van der Waals surface area contributed by atoms with Gasteiger partial charge in [-0.3, -0.25) is 13.6 Å². The Labute approximate surface area is 198 Å². The van der Waals surface area contributed by atoms with Crippen LogP contribution in [0.2, 0.25) is 0 Å². The van der Waals surface area contributed by atoms with Gasteiger partial charge in [0.2, 0.25) is 0 Å². The molecule has 4 nitrogen and oxygen atoms in total. The molecule has 33 heavy (non-hydrogen) atoms. The predicted molar refractivity (Wildman–Crippen MR) is 134 cm³/mol. The Morgan fingerprint density at radius 1 is 0.455 bits per heavy atom. The van der Waals surface area contributed by atoms with Gasteiger partial charge in [-0.1, -0.05) is 91.0 Å². The summed E-state index contributed by atoms with van der Waals surface area (Å²) in [5.74, 6) is 0. The Morgan fingerprint density at radius 2 is 0.818 bits per heavy atom. The van der Waals surface area contributed by atoms with E-state index in [9.17, 15) is 4.57 Å². The summed E-state index contributed by atoms with van der Waals surface area (Å²) < 4.78 is 30.2. The van der Waals surface area contributed by atoms with Gasteiger partial charge in [0, 0.05) is 0 Å². The number of phosphoric ester groups is 1. The van der Waals surface area contributed by atoms with E-state index in [-0.39, 0.29) is 0 Å². The van der Waals surface area contributed by atoms with Gasteiger partial charge >= 0.3 is 7.82 Å². The van der Waals surface area contributed by atoms with Crippen molar-refractivity contribution in [3.05, 3.63) is 108 Å². The van der Waals surface area contributed by atoms with Gasteiger partial charge in [0.15, 0.2) is 0 Å². The van der Waals surface area contributed by atoms with E-state index in [1.54, 1.807) is 0 Å². The molecule has 0 saturated heterocycles. The molecule has 3 rings (SSSR count). The predicted octanol–water partition coefficient (Wildman–Crippen LogP) is 7.43. The van der Waals surface area contributed by atoms with Crippen LogP contribution in [0.1, 0.15) is 42.4 Å². The van der Waals surface area contributed by atoms with Crippen LogP contribution in [0.4, 0.5) is 0 Å². The average molecular weight is 467 g/mol. The van der Waals surface area contributed by atoms with Crippen LogP contribution in [0.3, 0.4) is 0 Å². The van der Waals surface area contributed by atoms with E-state index < -0.39 is 7.82 Å². The fourth-order valence-electron chi connectivity index (χ4n) is 3.54. The minimum Gasteiger partial charge on any atom is -0.287 e. The summed E-state index contributed by atoms with van der Waals surface area (Å²) in [4.78, 5) is 0. The van der Waals surface area contributed by atoms with Gasteiger partial charge in [0.25, 0.3) is 0 Å². The van der Waals surface area contributed by atoms with Gasteiger partial charge < -0.3 is 0 Å². The highest BCUT2D eigenvalue weighted by Gasteiger charge is 2.26. The van der Waals surface area contributed by atoms with E-state index >= 15 is 0 Å². The Balaban J connectivity index is 1.40. The number of hydrogen-bond donors (Lipinski definition) is 0. The molecule has 0 aliphatic rings. The molecule has 0 spiro atoms. The van der Waals surface area contributed by atoms with E-state index in [4.69, 9.17) is 13.6 Å². The SMILES string of the molecule is O=P(OCCCCc1ccccc1)(OCCCCc1ccccc1)OCCc1ccccc1. The zero-order chi connectivity index (χ0) is 23.0. The summed E-state index contributed by atoms with van der Waals surface area (Å²) in [6, 6.07) is 30.7. The van der Waals surface area contributed by atoms with Gasteiger partial charge in [-0.05, 0) is 61.6 Å². The smallest absolute Gasteiger partial charge is 0.287 e. The lowest BCUT2D eigenvalue weighted by molar-refractivity contribution is 0.111. The third kappa shape index (κ3) is 10.5. The number of unbranched alkanes of at least 4 members (excludes halogenated alkanes) is 2. The summed E-state index contributed by atoms with van der Waals surface area (Å²) in [5.41, 5.74) is 3.73. The summed E-state index contributed by atoms with van der Waals surface area (Å²) in [7, 11) is -3.58. The second kappa shape index (κ2) is 14.8. The van der Waals surface area contributed by atoms with Crippen LogP contribution < -0.4 is 0 Å². The highest BCUT2D eigenvalue weighted by molar-refractivity contribution is 7.48. The summed E-state index contributed by atoms with van der Waals surface area (Å²) in [6.07, 6.45) is 6.15. The third-order valence-corrected chi connectivity index (χ3v) is 6.88. The van der Waals surface area contributed by atoms with Crippen LogP contribution in [-0.4, -0.2) is 19.8 Å². The minimum atomic E-state index is -3.58. The molecular weight excluding hydrogens is 431 g/mol. The molecule has 5 heteroatoms. The van der Waals surface area contributed by atoms with Crippen molar-refractivity contribution in [3.63, 3.8) is 0 Å². The maximum atomic E-state index is 13.2. The first-order valence-electron chi connectivity index (χ1n) is 11.9. The van der Waals surface area contributed by atoms with E-state index in [1.165, 1.54) is 11.1 Å². The minimum absolute atomic E-state index is 0.301. The normalized spacial score (nSPS) is 11.5. The molecule has 0 aliphatic carbocycles. The molecule has 0 amide bonds. The van der Waals surface area contributed by atoms with E-state index in [1.807, 2.05) is 66.7 Å². The Hall–Kier alpha value is -2.23. The van der Waals surface area contributed by atoms with Crippen molar-refractivity contribution in [2.45, 2.75) is 44.9 Å². The number of aryl methyl sites for hydroxylation is 2. The fraction of sp³-hybridized carbons (Fsp3) is 0.357. The molecule has 0 saturated carbocycles. The zero-order valence-electron chi connectivity index (χ0n) is 19.3. The molecular formula is C28H35O4P. The molecule has 0 N–H and O–H groups in total. The van der Waals surface area contributed by atoms with Crippen molar-refractivity contribution >= 4 is 7.82 Å². The first-order chi connectivity index (χ1) is 16.2. The average Bonchev–Trinajstić information content (AvgIpc) is 2.86.